The van der Waals surface area contributed by atoms with Gasteiger partial charge in [-0.25, -0.2) is 8.42 Å². The van der Waals surface area contributed by atoms with Gasteiger partial charge in [-0.3, -0.25) is 19.1 Å². The molecule has 4 rings (SSSR count). The Bertz CT molecular complexity index is 1190. The molecular formula is C21H22N2O5S. The summed E-state index contributed by atoms with van der Waals surface area (Å²) >= 11 is 0. The molecule has 0 N–H and O–H groups in total. The molecule has 0 unspecified atom stereocenters. The third-order valence-electron chi connectivity index (χ3n) is 5.83. The molecule has 29 heavy (non-hydrogen) atoms. The number of aromatic nitrogens is 2. The van der Waals surface area contributed by atoms with E-state index in [1.54, 1.807) is 33.9 Å². The summed E-state index contributed by atoms with van der Waals surface area (Å²) in [6.07, 6.45) is 0.337. The molecular weight excluding hydrogens is 392 g/mol. The van der Waals surface area contributed by atoms with E-state index in [0.29, 0.717) is 16.8 Å². The number of aryl methyl sites for hydroxylation is 3. The van der Waals surface area contributed by atoms with Crippen molar-refractivity contribution in [2.24, 2.45) is 18.9 Å². The molecule has 1 saturated carbocycles. The zero-order valence-electron chi connectivity index (χ0n) is 16.8. The smallest absolute Gasteiger partial charge is 0.199 e. The molecule has 0 radical (unpaired) electrons. The highest BCUT2D eigenvalue weighted by atomic mass is 32.2. The summed E-state index contributed by atoms with van der Waals surface area (Å²) in [5, 5.41) is 4.45. The second-order valence-electron chi connectivity index (χ2n) is 8.21. The fourth-order valence-corrected chi connectivity index (χ4v) is 6.48. The van der Waals surface area contributed by atoms with Crippen molar-refractivity contribution >= 4 is 27.2 Å². The maximum Gasteiger partial charge on any atom is 0.199 e. The summed E-state index contributed by atoms with van der Waals surface area (Å²) in [6, 6.07) is 3.58. The van der Waals surface area contributed by atoms with Crippen LogP contribution in [0.2, 0.25) is 0 Å². The van der Waals surface area contributed by atoms with Crippen LogP contribution in [0.1, 0.15) is 46.9 Å². The Morgan fingerprint density at radius 2 is 1.69 bits per heavy atom. The number of fused-ring (bicyclic) bond motifs is 3. The number of hydrogen-bond acceptors (Lipinski definition) is 6. The van der Waals surface area contributed by atoms with E-state index in [4.69, 9.17) is 0 Å². The summed E-state index contributed by atoms with van der Waals surface area (Å²) in [5.74, 6) is -3.28. The Morgan fingerprint density at radius 3 is 2.31 bits per heavy atom. The molecule has 2 aromatic rings. The van der Waals surface area contributed by atoms with Gasteiger partial charge in [-0.2, -0.15) is 5.10 Å². The second-order valence-corrected chi connectivity index (χ2v) is 10.1. The number of carbonyl (C=O) groups is 3. The van der Waals surface area contributed by atoms with Gasteiger partial charge >= 0.3 is 0 Å². The van der Waals surface area contributed by atoms with Gasteiger partial charge < -0.3 is 0 Å². The topological polar surface area (TPSA) is 103 Å². The fourth-order valence-electron chi connectivity index (χ4n) is 4.56. The van der Waals surface area contributed by atoms with E-state index < -0.39 is 33.1 Å². The minimum Gasteiger partial charge on any atom is -0.298 e. The maximum absolute atomic E-state index is 13.3. The van der Waals surface area contributed by atoms with E-state index in [0.717, 1.165) is 5.56 Å². The molecule has 1 fully saturated rings. The van der Waals surface area contributed by atoms with Crippen LogP contribution in [0.15, 0.2) is 17.0 Å². The minimum absolute atomic E-state index is 0.0383. The lowest BCUT2D eigenvalue weighted by Gasteiger charge is -2.24. The Labute approximate surface area is 169 Å². The standard InChI is InChI=1S/C21H22N2O5S/c1-10-7-14(24)17(15(25)8-10)20(26)19-13-9-29(27,28)21-12(3)6-5-11(2)16(21)18(13)22-23(19)4/h5-6,10,17H,7-9H2,1-4H3. The van der Waals surface area contributed by atoms with Gasteiger partial charge in [0, 0.05) is 31.0 Å². The van der Waals surface area contributed by atoms with Crippen LogP contribution >= 0.6 is 0 Å². The summed E-state index contributed by atoms with van der Waals surface area (Å²) < 4.78 is 27.4. The van der Waals surface area contributed by atoms with Crippen LogP contribution in [0.25, 0.3) is 11.3 Å². The number of carbonyl (C=O) groups excluding carboxylic acids is 3. The Hall–Kier alpha value is -2.61. The SMILES string of the molecule is Cc1ccc(C)c2c1-c1nn(C)c(C(=O)C3C(=O)CC(C)CC3=O)c1CS2(=O)=O. The van der Waals surface area contributed by atoms with Gasteiger partial charge in [0.2, 0.25) is 0 Å². The fraction of sp³-hybridized carbons (Fsp3) is 0.429. The van der Waals surface area contributed by atoms with Gasteiger partial charge in [0.25, 0.3) is 0 Å². The average molecular weight is 414 g/mol. The Kier molecular flexibility index (Phi) is 4.38. The molecule has 1 aliphatic heterocycles. The van der Waals surface area contributed by atoms with Crippen LogP contribution in [-0.2, 0) is 32.2 Å². The zero-order chi connectivity index (χ0) is 21.2. The molecule has 0 amide bonds. The van der Waals surface area contributed by atoms with Crippen molar-refractivity contribution in [3.8, 4) is 11.3 Å². The molecule has 2 aliphatic rings. The van der Waals surface area contributed by atoms with Crippen LogP contribution < -0.4 is 0 Å². The third-order valence-corrected chi connectivity index (χ3v) is 7.65. The van der Waals surface area contributed by atoms with E-state index in [1.807, 2.05) is 6.07 Å². The van der Waals surface area contributed by atoms with Gasteiger partial charge in [0.15, 0.2) is 27.2 Å². The molecule has 8 heteroatoms. The van der Waals surface area contributed by atoms with E-state index in [2.05, 4.69) is 5.10 Å². The maximum atomic E-state index is 13.3. The minimum atomic E-state index is -3.69. The molecule has 0 spiro atoms. The first kappa shape index (κ1) is 19.7. The number of rotatable bonds is 2. The van der Waals surface area contributed by atoms with Crippen molar-refractivity contribution in [3.05, 3.63) is 34.5 Å². The third kappa shape index (κ3) is 2.88. The normalized spacial score (nSPS) is 22.9. The number of Topliss-reactive ketones (excluding diaryl/α,β-unsaturated/α-hetero) is 3. The molecule has 152 valence electrons. The highest BCUT2D eigenvalue weighted by Crippen LogP contribution is 2.42. The van der Waals surface area contributed by atoms with E-state index in [9.17, 15) is 22.8 Å². The number of sulfone groups is 1. The largest absolute Gasteiger partial charge is 0.298 e. The first-order chi connectivity index (χ1) is 13.5. The predicted octanol–water partition coefficient (Wildman–Crippen LogP) is 2.36. The van der Waals surface area contributed by atoms with E-state index in [-0.39, 0.29) is 40.7 Å². The van der Waals surface area contributed by atoms with Crippen LogP contribution in [0.3, 0.4) is 0 Å². The van der Waals surface area contributed by atoms with Crippen LogP contribution in [0, 0.1) is 25.7 Å². The number of hydrogen-bond donors (Lipinski definition) is 0. The van der Waals surface area contributed by atoms with E-state index in [1.165, 1.54) is 4.68 Å². The first-order valence-electron chi connectivity index (χ1n) is 9.51. The van der Waals surface area contributed by atoms with Crippen molar-refractivity contribution in [1.29, 1.82) is 0 Å². The zero-order valence-corrected chi connectivity index (χ0v) is 17.6. The van der Waals surface area contributed by atoms with Crippen molar-refractivity contribution in [2.45, 2.75) is 44.3 Å². The van der Waals surface area contributed by atoms with E-state index >= 15 is 0 Å². The lowest BCUT2D eigenvalue weighted by molar-refractivity contribution is -0.134. The van der Waals surface area contributed by atoms with Crippen molar-refractivity contribution in [3.63, 3.8) is 0 Å². The predicted molar refractivity (Wildman–Crippen MR) is 105 cm³/mol. The summed E-state index contributed by atoms with van der Waals surface area (Å²) in [7, 11) is -2.15. The molecule has 0 saturated heterocycles. The second kappa shape index (κ2) is 6.45. The quantitative estimate of drug-likeness (QED) is 0.552. The van der Waals surface area contributed by atoms with Crippen LogP contribution in [-0.4, -0.2) is 35.5 Å². The lowest BCUT2D eigenvalue weighted by Crippen LogP contribution is -2.39. The first-order valence-corrected chi connectivity index (χ1v) is 11.2. The highest BCUT2D eigenvalue weighted by Gasteiger charge is 2.43. The van der Waals surface area contributed by atoms with Crippen molar-refractivity contribution in [2.75, 3.05) is 0 Å². The van der Waals surface area contributed by atoms with Gasteiger partial charge in [-0.15, -0.1) is 0 Å². The van der Waals surface area contributed by atoms with Crippen molar-refractivity contribution in [1.82, 2.24) is 9.78 Å². The highest BCUT2D eigenvalue weighted by molar-refractivity contribution is 7.91. The molecule has 0 bridgehead atoms. The Balaban J connectivity index is 1.92. The number of benzene rings is 1. The summed E-state index contributed by atoms with van der Waals surface area (Å²) in [6.45, 7) is 5.34. The number of nitrogens with zero attached hydrogens (tertiary/aromatic N) is 2. The van der Waals surface area contributed by atoms with Crippen molar-refractivity contribution < 1.29 is 22.8 Å². The number of ketones is 3. The van der Waals surface area contributed by atoms with Gasteiger partial charge in [-0.1, -0.05) is 19.1 Å². The summed E-state index contributed by atoms with van der Waals surface area (Å²) in [5.41, 5.74) is 2.61. The van der Waals surface area contributed by atoms with Crippen LogP contribution in [0.4, 0.5) is 0 Å². The summed E-state index contributed by atoms with van der Waals surface area (Å²) in [4.78, 5) is 38.4. The van der Waals surface area contributed by atoms with Crippen LogP contribution in [0.5, 0.6) is 0 Å². The molecule has 0 atom stereocenters. The van der Waals surface area contributed by atoms with Gasteiger partial charge in [0.1, 0.15) is 11.6 Å². The molecule has 2 heterocycles. The Morgan fingerprint density at radius 1 is 1.10 bits per heavy atom. The molecule has 1 aliphatic carbocycles. The molecule has 1 aromatic carbocycles. The molecule has 1 aromatic heterocycles. The van der Waals surface area contributed by atoms with Gasteiger partial charge in [-0.05, 0) is 30.9 Å². The lowest BCUT2D eigenvalue weighted by atomic mass is 9.77. The molecule has 7 nitrogen and oxygen atoms in total. The monoisotopic (exact) mass is 414 g/mol. The average Bonchev–Trinajstić information content (AvgIpc) is 2.91. The van der Waals surface area contributed by atoms with Gasteiger partial charge in [0.05, 0.1) is 16.3 Å².